The highest BCUT2D eigenvalue weighted by atomic mass is 35.5. The summed E-state index contributed by atoms with van der Waals surface area (Å²) >= 11 is 6.27. The topological polar surface area (TPSA) is 69.7 Å². The van der Waals surface area contributed by atoms with Crippen LogP contribution in [0.3, 0.4) is 0 Å². The van der Waals surface area contributed by atoms with Gasteiger partial charge in [-0.2, -0.15) is 0 Å². The lowest BCUT2D eigenvalue weighted by Gasteiger charge is -2.20. The van der Waals surface area contributed by atoms with Crippen LogP contribution in [0, 0.1) is 6.92 Å². The molecular formula is C22H21ClN2O4. The van der Waals surface area contributed by atoms with E-state index in [4.69, 9.17) is 25.8 Å². The molecule has 1 amide bonds. The number of nitrogens with one attached hydrogen (secondary N) is 1. The van der Waals surface area contributed by atoms with E-state index in [1.165, 1.54) is 0 Å². The number of benzene rings is 2. The zero-order valence-corrected chi connectivity index (χ0v) is 17.0. The smallest absolute Gasteiger partial charge is 0.253 e. The van der Waals surface area contributed by atoms with E-state index in [9.17, 15) is 4.79 Å². The van der Waals surface area contributed by atoms with Crippen molar-refractivity contribution in [2.45, 2.75) is 13.3 Å². The average Bonchev–Trinajstić information content (AvgIpc) is 2.72. The van der Waals surface area contributed by atoms with Crippen molar-refractivity contribution in [3.63, 3.8) is 0 Å². The maximum Gasteiger partial charge on any atom is 0.253 e. The average molecular weight is 413 g/mol. The van der Waals surface area contributed by atoms with E-state index in [-0.39, 0.29) is 5.91 Å². The molecule has 7 heteroatoms. The minimum absolute atomic E-state index is 0.156. The number of carbonyl (C=O) groups excluding carboxylic acids is 1. The van der Waals surface area contributed by atoms with Crippen molar-refractivity contribution in [3.05, 3.63) is 58.2 Å². The molecule has 1 N–H and O–H groups in total. The number of ether oxygens (including phenoxy) is 3. The minimum atomic E-state index is -0.156. The Labute approximate surface area is 173 Å². The maximum absolute atomic E-state index is 12.7. The van der Waals surface area contributed by atoms with Crippen LogP contribution in [-0.4, -0.2) is 37.8 Å². The quantitative estimate of drug-likeness (QED) is 0.687. The molecule has 1 aliphatic rings. The lowest BCUT2D eigenvalue weighted by molar-refractivity contribution is 0.0953. The standard InChI is InChI=1S/C22H21ClN2O4/c1-13-17(11-15-3-4-16(27-2)12-19(15)25-13)22(26)24-6-5-14-9-18(23)21-20(10-14)28-7-8-29-21/h3-4,9-12H,5-8H2,1-2H3,(H,24,26). The van der Waals surface area contributed by atoms with Crippen LogP contribution in [0.25, 0.3) is 10.9 Å². The van der Waals surface area contributed by atoms with Crippen molar-refractivity contribution in [1.82, 2.24) is 10.3 Å². The summed E-state index contributed by atoms with van der Waals surface area (Å²) in [4.78, 5) is 17.2. The zero-order valence-electron chi connectivity index (χ0n) is 16.3. The summed E-state index contributed by atoms with van der Waals surface area (Å²) in [6.45, 7) is 3.29. The molecule has 0 saturated heterocycles. The fraction of sp³-hybridized carbons (Fsp3) is 0.273. The van der Waals surface area contributed by atoms with Crippen LogP contribution < -0.4 is 19.5 Å². The van der Waals surface area contributed by atoms with Gasteiger partial charge in [0.05, 0.1) is 28.9 Å². The number of aryl methyl sites for hydroxylation is 1. The molecule has 2 aromatic carbocycles. The molecule has 29 heavy (non-hydrogen) atoms. The molecule has 1 aliphatic heterocycles. The van der Waals surface area contributed by atoms with Gasteiger partial charge in [0.2, 0.25) is 0 Å². The van der Waals surface area contributed by atoms with Crippen molar-refractivity contribution < 1.29 is 19.0 Å². The summed E-state index contributed by atoms with van der Waals surface area (Å²) in [5.41, 5.74) is 3.00. The molecule has 0 atom stereocenters. The Morgan fingerprint density at radius 1 is 1.21 bits per heavy atom. The van der Waals surface area contributed by atoms with Gasteiger partial charge >= 0.3 is 0 Å². The van der Waals surface area contributed by atoms with Gasteiger partial charge in [-0.15, -0.1) is 0 Å². The first kappa shape index (κ1) is 19.3. The van der Waals surface area contributed by atoms with Gasteiger partial charge in [-0.05, 0) is 49.2 Å². The fourth-order valence-corrected chi connectivity index (χ4v) is 3.61. The normalized spacial score (nSPS) is 12.7. The van der Waals surface area contributed by atoms with Crippen LogP contribution in [0.15, 0.2) is 36.4 Å². The van der Waals surface area contributed by atoms with Gasteiger partial charge in [0.1, 0.15) is 19.0 Å². The number of hydrogen-bond acceptors (Lipinski definition) is 5. The Balaban J connectivity index is 1.45. The number of halogens is 1. The number of pyridine rings is 1. The highest BCUT2D eigenvalue weighted by Gasteiger charge is 2.17. The maximum atomic E-state index is 12.7. The van der Waals surface area contributed by atoms with Gasteiger partial charge in [0, 0.05) is 18.0 Å². The second-order valence-corrected chi connectivity index (χ2v) is 7.19. The monoisotopic (exact) mass is 412 g/mol. The van der Waals surface area contributed by atoms with Crippen LogP contribution in [0.1, 0.15) is 21.6 Å². The fourth-order valence-electron chi connectivity index (χ4n) is 3.32. The molecular weight excluding hydrogens is 392 g/mol. The molecule has 0 aliphatic carbocycles. The number of methoxy groups -OCH3 is 1. The molecule has 6 nitrogen and oxygen atoms in total. The molecule has 0 radical (unpaired) electrons. The summed E-state index contributed by atoms with van der Waals surface area (Å²) in [5.74, 6) is 1.81. The number of amides is 1. The molecule has 2 heterocycles. The summed E-state index contributed by atoms with van der Waals surface area (Å²) < 4.78 is 16.4. The second kappa shape index (κ2) is 8.17. The molecule has 1 aromatic heterocycles. The molecule has 3 aromatic rings. The first-order valence-corrected chi connectivity index (χ1v) is 9.74. The highest BCUT2D eigenvalue weighted by Crippen LogP contribution is 2.38. The Morgan fingerprint density at radius 3 is 2.86 bits per heavy atom. The summed E-state index contributed by atoms with van der Waals surface area (Å²) in [6.07, 6.45) is 0.624. The van der Waals surface area contributed by atoms with Gasteiger partial charge in [0.15, 0.2) is 11.5 Å². The van der Waals surface area contributed by atoms with Crippen molar-refractivity contribution >= 4 is 28.4 Å². The van der Waals surface area contributed by atoms with Crippen molar-refractivity contribution in [1.29, 1.82) is 0 Å². The van der Waals surface area contributed by atoms with Crippen LogP contribution in [0.4, 0.5) is 0 Å². The summed E-state index contributed by atoms with van der Waals surface area (Å²) in [6, 6.07) is 11.2. The SMILES string of the molecule is COc1ccc2cc(C(=O)NCCc3cc(Cl)c4c(c3)OCCO4)c(C)nc2c1. The van der Waals surface area contributed by atoms with Crippen LogP contribution in [0.2, 0.25) is 5.02 Å². The number of fused-ring (bicyclic) bond motifs is 2. The van der Waals surface area contributed by atoms with Crippen molar-refractivity contribution in [2.24, 2.45) is 0 Å². The van der Waals surface area contributed by atoms with Gasteiger partial charge in [-0.25, -0.2) is 0 Å². The van der Waals surface area contributed by atoms with E-state index < -0.39 is 0 Å². The van der Waals surface area contributed by atoms with Gasteiger partial charge < -0.3 is 19.5 Å². The van der Waals surface area contributed by atoms with E-state index in [0.717, 1.165) is 22.2 Å². The third-order valence-electron chi connectivity index (χ3n) is 4.82. The molecule has 0 bridgehead atoms. The third kappa shape index (κ3) is 4.07. The molecule has 0 unspecified atom stereocenters. The molecule has 150 valence electrons. The van der Waals surface area contributed by atoms with Crippen molar-refractivity contribution in [3.8, 4) is 17.2 Å². The van der Waals surface area contributed by atoms with E-state index in [2.05, 4.69) is 10.3 Å². The van der Waals surface area contributed by atoms with E-state index in [1.54, 1.807) is 7.11 Å². The number of rotatable bonds is 5. The second-order valence-electron chi connectivity index (χ2n) is 6.79. The minimum Gasteiger partial charge on any atom is -0.497 e. The van der Waals surface area contributed by atoms with Gasteiger partial charge in [0.25, 0.3) is 5.91 Å². The van der Waals surface area contributed by atoms with E-state index in [0.29, 0.717) is 54.0 Å². The zero-order chi connectivity index (χ0) is 20.4. The van der Waals surface area contributed by atoms with Crippen LogP contribution in [-0.2, 0) is 6.42 Å². The predicted molar refractivity (Wildman–Crippen MR) is 112 cm³/mol. The van der Waals surface area contributed by atoms with Gasteiger partial charge in [-0.3, -0.25) is 9.78 Å². The number of carbonyl (C=O) groups is 1. The lowest BCUT2D eigenvalue weighted by atomic mass is 10.1. The summed E-state index contributed by atoms with van der Waals surface area (Å²) in [5, 5.41) is 4.37. The Hall–Kier alpha value is -2.99. The largest absolute Gasteiger partial charge is 0.497 e. The molecule has 0 fully saturated rings. The number of aromatic nitrogens is 1. The Kier molecular flexibility index (Phi) is 5.45. The Bertz CT molecular complexity index is 1080. The molecule has 4 rings (SSSR count). The number of hydrogen-bond donors (Lipinski definition) is 1. The van der Waals surface area contributed by atoms with Crippen LogP contribution in [0.5, 0.6) is 17.2 Å². The first-order valence-electron chi connectivity index (χ1n) is 9.37. The highest BCUT2D eigenvalue weighted by molar-refractivity contribution is 6.32. The predicted octanol–water partition coefficient (Wildman–Crippen LogP) is 3.95. The summed E-state index contributed by atoms with van der Waals surface area (Å²) in [7, 11) is 1.62. The third-order valence-corrected chi connectivity index (χ3v) is 5.10. The van der Waals surface area contributed by atoms with E-state index in [1.807, 2.05) is 43.3 Å². The molecule has 0 saturated carbocycles. The first-order chi connectivity index (χ1) is 14.0. The Morgan fingerprint density at radius 2 is 2.03 bits per heavy atom. The van der Waals surface area contributed by atoms with Crippen LogP contribution >= 0.6 is 11.6 Å². The number of nitrogens with zero attached hydrogens (tertiary/aromatic N) is 1. The molecule has 0 spiro atoms. The lowest BCUT2D eigenvalue weighted by Crippen LogP contribution is -2.26. The van der Waals surface area contributed by atoms with E-state index >= 15 is 0 Å². The van der Waals surface area contributed by atoms with Gasteiger partial charge in [-0.1, -0.05) is 11.6 Å². The van der Waals surface area contributed by atoms with Crippen molar-refractivity contribution in [2.75, 3.05) is 26.9 Å².